The zero-order valence-electron chi connectivity index (χ0n) is 18.5. The third kappa shape index (κ3) is 3.52. The topological polar surface area (TPSA) is 105 Å². The fourth-order valence-corrected chi connectivity index (χ4v) is 4.64. The lowest BCUT2D eigenvalue weighted by Crippen LogP contribution is -2.44. The molecule has 8 heteroatoms. The summed E-state index contributed by atoms with van der Waals surface area (Å²) in [6.07, 6.45) is 0.623. The van der Waals surface area contributed by atoms with Crippen molar-refractivity contribution >= 4 is 23.9 Å². The molecular formula is C22H30O8. The van der Waals surface area contributed by atoms with Crippen molar-refractivity contribution in [1.29, 1.82) is 0 Å². The van der Waals surface area contributed by atoms with Crippen LogP contribution in [0.1, 0.15) is 53.4 Å². The van der Waals surface area contributed by atoms with Gasteiger partial charge in [0.1, 0.15) is 0 Å². The first-order valence-electron chi connectivity index (χ1n) is 10.1. The Bertz CT molecular complexity index is 779. The Kier molecular flexibility index (Phi) is 7.10. The van der Waals surface area contributed by atoms with Crippen LogP contribution in [-0.4, -0.2) is 51.3 Å². The number of methoxy groups -OCH3 is 2. The summed E-state index contributed by atoms with van der Waals surface area (Å²) < 4.78 is 20.4. The molecule has 0 saturated heterocycles. The standard InChI is InChI=1S/C22H30O8/c1-7-29-17(23)21(18(24)30-8-2)10-9-14-11-22(19(25)27-5,20(26)28-6)16(13(3)4)15(14)12-21/h7-12H2,1-6H3. The molecule has 0 spiro atoms. The number of allylic oxidation sites excluding steroid dienone is 3. The highest BCUT2D eigenvalue weighted by molar-refractivity contribution is 6.07. The Morgan fingerprint density at radius 2 is 1.33 bits per heavy atom. The van der Waals surface area contributed by atoms with Crippen molar-refractivity contribution in [3.63, 3.8) is 0 Å². The molecule has 8 nitrogen and oxygen atoms in total. The zero-order valence-corrected chi connectivity index (χ0v) is 18.5. The minimum absolute atomic E-state index is 0.00372. The molecule has 2 aliphatic carbocycles. The molecule has 2 rings (SSSR count). The van der Waals surface area contributed by atoms with Crippen LogP contribution in [0, 0.1) is 10.8 Å². The molecule has 0 bridgehead atoms. The largest absolute Gasteiger partial charge is 0.468 e. The smallest absolute Gasteiger partial charge is 0.328 e. The van der Waals surface area contributed by atoms with Crippen LogP contribution in [0.15, 0.2) is 22.3 Å². The van der Waals surface area contributed by atoms with E-state index in [1.54, 1.807) is 27.7 Å². The Hall–Kier alpha value is -2.64. The van der Waals surface area contributed by atoms with Crippen molar-refractivity contribution in [3.8, 4) is 0 Å². The van der Waals surface area contributed by atoms with Crippen molar-refractivity contribution in [3.05, 3.63) is 22.3 Å². The summed E-state index contributed by atoms with van der Waals surface area (Å²) in [6.45, 7) is 7.13. The monoisotopic (exact) mass is 422 g/mol. The van der Waals surface area contributed by atoms with Gasteiger partial charge in [-0.2, -0.15) is 0 Å². The molecule has 0 fully saturated rings. The molecule has 0 aromatic rings. The summed E-state index contributed by atoms with van der Waals surface area (Å²) in [7, 11) is 2.43. The van der Waals surface area contributed by atoms with Gasteiger partial charge in [0.25, 0.3) is 0 Å². The van der Waals surface area contributed by atoms with Gasteiger partial charge in [0.2, 0.25) is 0 Å². The lowest BCUT2D eigenvalue weighted by Gasteiger charge is -2.34. The predicted octanol–water partition coefficient (Wildman–Crippen LogP) is 2.65. The van der Waals surface area contributed by atoms with Gasteiger partial charge in [0, 0.05) is 0 Å². The van der Waals surface area contributed by atoms with E-state index in [0.29, 0.717) is 23.1 Å². The molecule has 30 heavy (non-hydrogen) atoms. The molecule has 0 N–H and O–H groups in total. The van der Waals surface area contributed by atoms with E-state index < -0.39 is 34.7 Å². The summed E-state index contributed by atoms with van der Waals surface area (Å²) in [5.74, 6) is -2.76. The highest BCUT2D eigenvalue weighted by Gasteiger charge is 2.61. The minimum Gasteiger partial charge on any atom is -0.468 e. The molecule has 0 aromatic heterocycles. The summed E-state index contributed by atoms with van der Waals surface area (Å²) in [4.78, 5) is 51.5. The van der Waals surface area contributed by atoms with Gasteiger partial charge in [-0.1, -0.05) is 11.1 Å². The normalized spacial score (nSPS) is 18.9. The van der Waals surface area contributed by atoms with E-state index in [-0.39, 0.29) is 32.5 Å². The molecule has 0 aliphatic heterocycles. The van der Waals surface area contributed by atoms with Gasteiger partial charge in [-0.25, -0.2) is 0 Å². The van der Waals surface area contributed by atoms with Crippen LogP contribution in [0.3, 0.4) is 0 Å². The molecule has 0 heterocycles. The Labute approximate surface area is 176 Å². The molecule has 0 radical (unpaired) electrons. The van der Waals surface area contributed by atoms with Gasteiger partial charge < -0.3 is 18.9 Å². The van der Waals surface area contributed by atoms with E-state index in [1.165, 1.54) is 14.2 Å². The van der Waals surface area contributed by atoms with Gasteiger partial charge in [0.15, 0.2) is 10.8 Å². The lowest BCUT2D eigenvalue weighted by molar-refractivity contribution is -0.173. The van der Waals surface area contributed by atoms with Crippen LogP contribution in [0.4, 0.5) is 0 Å². The molecule has 0 saturated carbocycles. The van der Waals surface area contributed by atoms with Crippen molar-refractivity contribution in [2.75, 3.05) is 27.4 Å². The Morgan fingerprint density at radius 3 is 1.73 bits per heavy atom. The van der Waals surface area contributed by atoms with Crippen LogP contribution in [0.2, 0.25) is 0 Å². The van der Waals surface area contributed by atoms with Crippen molar-refractivity contribution in [2.24, 2.45) is 10.8 Å². The van der Waals surface area contributed by atoms with Crippen LogP contribution >= 0.6 is 0 Å². The SMILES string of the molecule is CCOC(=O)C1(C(=O)OCC)CCC2=C(C1)C(=C(C)C)C(C(=O)OC)(C(=O)OC)C2. The molecule has 0 unspecified atom stereocenters. The number of hydrogen-bond acceptors (Lipinski definition) is 8. The van der Waals surface area contributed by atoms with Gasteiger partial charge >= 0.3 is 23.9 Å². The molecule has 0 amide bonds. The number of carbonyl (C=O) groups excluding carboxylic acids is 4. The maximum atomic E-state index is 12.9. The van der Waals surface area contributed by atoms with Crippen molar-refractivity contribution in [1.82, 2.24) is 0 Å². The molecule has 2 aliphatic rings. The van der Waals surface area contributed by atoms with Crippen LogP contribution in [-0.2, 0) is 38.1 Å². The van der Waals surface area contributed by atoms with Gasteiger partial charge in [0.05, 0.1) is 27.4 Å². The van der Waals surface area contributed by atoms with E-state index >= 15 is 0 Å². The second kappa shape index (κ2) is 9.02. The van der Waals surface area contributed by atoms with Gasteiger partial charge in [-0.15, -0.1) is 0 Å². The second-order valence-electron chi connectivity index (χ2n) is 7.72. The van der Waals surface area contributed by atoms with E-state index in [2.05, 4.69) is 0 Å². The fourth-order valence-electron chi connectivity index (χ4n) is 4.64. The highest BCUT2D eigenvalue weighted by atomic mass is 16.6. The minimum atomic E-state index is -1.65. The van der Waals surface area contributed by atoms with E-state index in [0.717, 1.165) is 5.57 Å². The zero-order chi connectivity index (χ0) is 22.7. The Morgan fingerprint density at radius 1 is 0.833 bits per heavy atom. The number of hydrogen-bond donors (Lipinski definition) is 0. The molecular weight excluding hydrogens is 392 g/mol. The summed E-state index contributed by atoms with van der Waals surface area (Å²) in [5.41, 5.74) is -0.530. The van der Waals surface area contributed by atoms with Crippen molar-refractivity contribution < 1.29 is 38.1 Å². The third-order valence-electron chi connectivity index (χ3n) is 5.87. The van der Waals surface area contributed by atoms with E-state index in [4.69, 9.17) is 18.9 Å². The summed E-state index contributed by atoms with van der Waals surface area (Å²) in [5, 5.41) is 0. The van der Waals surface area contributed by atoms with Crippen LogP contribution < -0.4 is 0 Å². The first-order chi connectivity index (χ1) is 14.2. The van der Waals surface area contributed by atoms with Gasteiger partial charge in [-0.3, -0.25) is 19.2 Å². The maximum Gasteiger partial charge on any atom is 0.328 e. The number of carbonyl (C=O) groups is 4. The average molecular weight is 422 g/mol. The Balaban J connectivity index is 2.65. The van der Waals surface area contributed by atoms with E-state index in [1.807, 2.05) is 0 Å². The highest BCUT2D eigenvalue weighted by Crippen LogP contribution is 2.57. The number of rotatable bonds is 6. The number of esters is 4. The summed E-state index contributed by atoms with van der Waals surface area (Å²) >= 11 is 0. The quantitative estimate of drug-likeness (QED) is 0.365. The summed E-state index contributed by atoms with van der Waals surface area (Å²) in [6, 6.07) is 0. The van der Waals surface area contributed by atoms with Crippen LogP contribution in [0.5, 0.6) is 0 Å². The molecule has 0 aromatic carbocycles. The first kappa shape index (κ1) is 23.6. The van der Waals surface area contributed by atoms with Crippen LogP contribution in [0.25, 0.3) is 0 Å². The van der Waals surface area contributed by atoms with Crippen molar-refractivity contribution in [2.45, 2.75) is 53.4 Å². The predicted molar refractivity (Wildman–Crippen MR) is 106 cm³/mol. The molecule has 166 valence electrons. The van der Waals surface area contributed by atoms with E-state index in [9.17, 15) is 19.2 Å². The molecule has 0 atom stereocenters. The second-order valence-corrected chi connectivity index (χ2v) is 7.72. The van der Waals surface area contributed by atoms with Gasteiger partial charge in [-0.05, 0) is 64.5 Å². The number of ether oxygens (including phenoxy) is 4. The fraction of sp³-hybridized carbons (Fsp3) is 0.636. The maximum absolute atomic E-state index is 12.9. The third-order valence-corrected chi connectivity index (χ3v) is 5.87. The first-order valence-corrected chi connectivity index (χ1v) is 10.1. The average Bonchev–Trinajstić information content (AvgIpc) is 3.07. The lowest BCUT2D eigenvalue weighted by atomic mass is 9.70.